The molecule has 0 aliphatic heterocycles. The lowest BCUT2D eigenvalue weighted by Crippen LogP contribution is -2.73. The highest BCUT2D eigenvalue weighted by molar-refractivity contribution is 6.31. The number of benzene rings is 1. The number of aryl methyl sites for hydroxylation is 1. The van der Waals surface area contributed by atoms with Crippen LogP contribution in [0.4, 0.5) is 11.6 Å². The highest BCUT2D eigenvalue weighted by atomic mass is 35.5. The Morgan fingerprint density at radius 2 is 2.05 bits per heavy atom. The maximum atomic E-state index is 11.7. The van der Waals surface area contributed by atoms with Gasteiger partial charge in [0.25, 0.3) is 11.5 Å². The van der Waals surface area contributed by atoms with E-state index in [0.717, 1.165) is 11.3 Å². The summed E-state index contributed by atoms with van der Waals surface area (Å²) in [5, 5.41) is 3.63. The van der Waals surface area contributed by atoms with Gasteiger partial charge >= 0.3 is 5.95 Å². The van der Waals surface area contributed by atoms with E-state index in [0.29, 0.717) is 16.3 Å². The van der Waals surface area contributed by atoms with E-state index in [2.05, 4.69) is 20.3 Å². The smallest absolute Gasteiger partial charge is 0.322 e. The molecule has 1 heterocycles. The fraction of sp³-hybridized carbons (Fsp3) is 0.214. The zero-order valence-corrected chi connectivity index (χ0v) is 12.8. The molecule has 0 atom stereocenters. The van der Waals surface area contributed by atoms with Crippen molar-refractivity contribution >= 4 is 29.2 Å². The van der Waals surface area contributed by atoms with E-state index in [9.17, 15) is 4.79 Å². The van der Waals surface area contributed by atoms with Crippen LogP contribution in [0.5, 0.6) is 0 Å². The first-order valence-electron chi connectivity index (χ1n) is 6.37. The fourth-order valence-electron chi connectivity index (χ4n) is 1.75. The van der Waals surface area contributed by atoms with E-state index in [4.69, 9.17) is 17.3 Å². The van der Waals surface area contributed by atoms with E-state index < -0.39 is 0 Å². The van der Waals surface area contributed by atoms with Gasteiger partial charge in [-0.05, 0) is 32.9 Å². The van der Waals surface area contributed by atoms with Gasteiger partial charge in [-0.2, -0.15) is 0 Å². The Labute approximate surface area is 127 Å². The van der Waals surface area contributed by atoms with E-state index in [-0.39, 0.29) is 17.5 Å². The summed E-state index contributed by atoms with van der Waals surface area (Å²) in [6.07, 6.45) is 0. The molecule has 5 N–H and O–H groups in total. The van der Waals surface area contributed by atoms with Crippen molar-refractivity contribution < 1.29 is 4.99 Å². The summed E-state index contributed by atoms with van der Waals surface area (Å²) in [5.41, 5.74) is 8.57. The molecule has 21 heavy (non-hydrogen) atoms. The SMILES string of the molecule is Cc1nc([NH+]=C(N)Nc2cccc(Cl)c2C)[nH]c(=O)c1C. The van der Waals surface area contributed by atoms with Crippen LogP contribution in [-0.2, 0) is 0 Å². The van der Waals surface area contributed by atoms with Crippen LogP contribution in [-0.4, -0.2) is 15.9 Å². The van der Waals surface area contributed by atoms with Crippen LogP contribution in [0.3, 0.4) is 0 Å². The normalized spacial score (nSPS) is 11.5. The van der Waals surface area contributed by atoms with Crippen molar-refractivity contribution in [1.29, 1.82) is 0 Å². The van der Waals surface area contributed by atoms with Crippen LogP contribution < -0.4 is 21.6 Å². The number of aromatic amines is 1. The van der Waals surface area contributed by atoms with Gasteiger partial charge in [-0.15, -0.1) is 4.98 Å². The molecule has 1 aromatic carbocycles. The molecule has 2 aromatic rings. The van der Waals surface area contributed by atoms with E-state index >= 15 is 0 Å². The predicted molar refractivity (Wildman–Crippen MR) is 84.0 cm³/mol. The summed E-state index contributed by atoms with van der Waals surface area (Å²) in [4.78, 5) is 21.3. The predicted octanol–water partition coefficient (Wildman–Crippen LogP) is 0.487. The molecule has 0 aliphatic carbocycles. The number of nitrogens with one attached hydrogen (secondary N) is 3. The summed E-state index contributed by atoms with van der Waals surface area (Å²) in [5.74, 6) is 0.527. The molecule has 2 rings (SSSR count). The number of nitrogens with zero attached hydrogens (tertiary/aromatic N) is 1. The molecule has 1 aromatic heterocycles. The number of guanidine groups is 1. The van der Waals surface area contributed by atoms with Crippen molar-refractivity contribution in [3.05, 3.63) is 50.4 Å². The number of hydrogen-bond donors (Lipinski definition) is 4. The van der Waals surface area contributed by atoms with E-state index in [1.54, 1.807) is 19.9 Å². The molecule has 0 aliphatic rings. The molecule has 0 fully saturated rings. The first kappa shape index (κ1) is 15.1. The minimum absolute atomic E-state index is 0.197. The summed E-state index contributed by atoms with van der Waals surface area (Å²) in [6.45, 7) is 5.36. The average Bonchev–Trinajstić information content (AvgIpc) is 2.41. The number of hydrogen-bond acceptors (Lipinski definition) is 2. The molecule has 0 amide bonds. The molecular formula is C14H17ClN5O+. The standard InChI is InChI=1S/C14H16ClN5O/c1-7-9(3)17-14(19-12(7)21)20-13(16)18-11-6-4-5-10(15)8(11)2/h4-6H,1-3H3,(H4,16,17,18,19,20,21)/p+1. The van der Waals surface area contributed by atoms with Crippen LogP contribution in [0.2, 0.25) is 5.02 Å². The summed E-state index contributed by atoms with van der Waals surface area (Å²) in [7, 11) is 0. The maximum absolute atomic E-state index is 11.7. The van der Waals surface area contributed by atoms with E-state index in [1.807, 2.05) is 19.1 Å². The second-order valence-corrected chi connectivity index (χ2v) is 5.11. The van der Waals surface area contributed by atoms with Gasteiger partial charge in [0.15, 0.2) is 0 Å². The largest absolute Gasteiger partial charge is 0.325 e. The first-order valence-corrected chi connectivity index (χ1v) is 6.75. The molecule has 0 bridgehead atoms. The lowest BCUT2D eigenvalue weighted by atomic mass is 10.2. The molecule has 0 spiro atoms. The molecule has 110 valence electrons. The quantitative estimate of drug-likeness (QED) is 0.479. The van der Waals surface area contributed by atoms with Gasteiger partial charge in [0.1, 0.15) is 0 Å². The molecule has 6 nitrogen and oxygen atoms in total. The van der Waals surface area contributed by atoms with Crippen LogP contribution in [0, 0.1) is 20.8 Å². The Balaban J connectivity index is 2.30. The van der Waals surface area contributed by atoms with Crippen molar-refractivity contribution in [2.45, 2.75) is 20.8 Å². The third-order valence-corrected chi connectivity index (χ3v) is 3.59. The van der Waals surface area contributed by atoms with Gasteiger partial charge in [0, 0.05) is 10.6 Å². The summed E-state index contributed by atoms with van der Waals surface area (Å²) >= 11 is 6.05. The third-order valence-electron chi connectivity index (χ3n) is 3.18. The average molecular weight is 307 g/mol. The van der Waals surface area contributed by atoms with Crippen molar-refractivity contribution in [3.63, 3.8) is 0 Å². The number of aromatic nitrogens is 2. The first-order chi connectivity index (χ1) is 9.88. The van der Waals surface area contributed by atoms with E-state index in [1.165, 1.54) is 0 Å². The number of nitrogens with two attached hydrogens (primary N) is 1. The van der Waals surface area contributed by atoms with Crippen LogP contribution in [0.15, 0.2) is 23.0 Å². The van der Waals surface area contributed by atoms with Crippen molar-refractivity contribution in [2.24, 2.45) is 5.73 Å². The van der Waals surface area contributed by atoms with Crippen LogP contribution in [0.25, 0.3) is 0 Å². The highest BCUT2D eigenvalue weighted by Crippen LogP contribution is 2.22. The third kappa shape index (κ3) is 3.41. The van der Waals surface area contributed by atoms with Gasteiger partial charge in [0.05, 0.1) is 16.9 Å². The van der Waals surface area contributed by atoms with Gasteiger partial charge in [-0.3, -0.25) is 10.1 Å². The Kier molecular flexibility index (Phi) is 4.28. The van der Waals surface area contributed by atoms with Gasteiger partial charge in [-0.1, -0.05) is 17.7 Å². The number of anilines is 1. The number of halogens is 1. The van der Waals surface area contributed by atoms with Crippen molar-refractivity contribution in [3.8, 4) is 0 Å². The van der Waals surface area contributed by atoms with Gasteiger partial charge < -0.3 is 5.73 Å². The number of rotatable bonds is 2. The molecule has 0 radical (unpaired) electrons. The Morgan fingerprint density at radius 1 is 1.33 bits per heavy atom. The minimum Gasteiger partial charge on any atom is -0.322 e. The van der Waals surface area contributed by atoms with Crippen LogP contribution >= 0.6 is 11.6 Å². The summed E-state index contributed by atoms with van der Waals surface area (Å²) in [6, 6.07) is 5.47. The molecule has 0 saturated carbocycles. The Morgan fingerprint density at radius 3 is 2.71 bits per heavy atom. The fourth-order valence-corrected chi connectivity index (χ4v) is 1.93. The van der Waals surface area contributed by atoms with Crippen LogP contribution in [0.1, 0.15) is 16.8 Å². The molecule has 0 saturated heterocycles. The van der Waals surface area contributed by atoms with Gasteiger partial charge in [-0.25, -0.2) is 9.98 Å². The number of H-pyrrole nitrogens is 1. The van der Waals surface area contributed by atoms with Gasteiger partial charge in [0.2, 0.25) is 0 Å². The molecule has 0 unspecified atom stereocenters. The second-order valence-electron chi connectivity index (χ2n) is 4.70. The zero-order valence-electron chi connectivity index (χ0n) is 12.0. The Bertz CT molecular complexity index is 766. The lowest BCUT2D eigenvalue weighted by Gasteiger charge is -2.06. The lowest BCUT2D eigenvalue weighted by molar-refractivity contribution is -0.365. The second kappa shape index (κ2) is 5.97. The minimum atomic E-state index is -0.197. The maximum Gasteiger partial charge on any atom is 0.325 e. The molecule has 7 heteroatoms. The highest BCUT2D eigenvalue weighted by Gasteiger charge is 2.09. The monoisotopic (exact) mass is 306 g/mol. The van der Waals surface area contributed by atoms with Crippen molar-refractivity contribution in [1.82, 2.24) is 9.97 Å². The molecular weight excluding hydrogens is 290 g/mol. The summed E-state index contributed by atoms with van der Waals surface area (Å²) < 4.78 is 0. The Hall–Kier alpha value is -2.34. The van der Waals surface area contributed by atoms with Crippen molar-refractivity contribution in [2.75, 3.05) is 5.32 Å². The topological polar surface area (TPSA) is 97.8 Å². The zero-order chi connectivity index (χ0) is 15.6.